The molecule has 2 unspecified atom stereocenters. The number of rotatable bonds is 5. The molecule has 2 rings (SSSR count). The SMILES string of the molecule is CCCNCc1cc(F)ccc1N1CC(C)OCC1C. The quantitative estimate of drug-likeness (QED) is 0.839. The lowest BCUT2D eigenvalue weighted by molar-refractivity contribution is 0.0343. The molecule has 0 spiro atoms. The molecule has 0 bridgehead atoms. The Kier molecular flexibility index (Phi) is 5.38. The summed E-state index contributed by atoms with van der Waals surface area (Å²) < 4.78 is 19.2. The van der Waals surface area contributed by atoms with Crippen molar-refractivity contribution >= 4 is 5.69 Å². The van der Waals surface area contributed by atoms with Crippen LogP contribution in [0.1, 0.15) is 32.8 Å². The first-order valence-corrected chi connectivity index (χ1v) is 7.49. The number of hydrogen-bond acceptors (Lipinski definition) is 3. The molecule has 1 aliphatic heterocycles. The second kappa shape index (κ2) is 7.04. The molecule has 0 amide bonds. The van der Waals surface area contributed by atoms with E-state index in [2.05, 4.69) is 31.0 Å². The van der Waals surface area contributed by atoms with E-state index >= 15 is 0 Å². The highest BCUT2D eigenvalue weighted by atomic mass is 19.1. The van der Waals surface area contributed by atoms with Crippen molar-refractivity contribution in [1.82, 2.24) is 5.32 Å². The van der Waals surface area contributed by atoms with E-state index in [9.17, 15) is 4.39 Å². The maximum absolute atomic E-state index is 13.5. The minimum absolute atomic E-state index is 0.170. The molecular weight excluding hydrogens is 255 g/mol. The Hall–Kier alpha value is -1.13. The first-order chi connectivity index (χ1) is 9.61. The van der Waals surface area contributed by atoms with E-state index in [4.69, 9.17) is 4.74 Å². The molecule has 1 fully saturated rings. The highest BCUT2D eigenvalue weighted by Gasteiger charge is 2.25. The van der Waals surface area contributed by atoms with Gasteiger partial charge in [-0.3, -0.25) is 0 Å². The smallest absolute Gasteiger partial charge is 0.123 e. The van der Waals surface area contributed by atoms with Crippen molar-refractivity contribution in [2.45, 2.75) is 45.9 Å². The van der Waals surface area contributed by atoms with E-state index in [1.54, 1.807) is 12.1 Å². The molecular formula is C16H25FN2O. The summed E-state index contributed by atoms with van der Waals surface area (Å²) in [7, 11) is 0. The standard InChI is InChI=1S/C16H25FN2O/c1-4-7-18-9-14-8-15(17)5-6-16(14)19-10-13(3)20-11-12(19)2/h5-6,8,12-13,18H,4,7,9-11H2,1-3H3. The molecule has 1 heterocycles. The van der Waals surface area contributed by atoms with Crippen LogP contribution in [0.5, 0.6) is 0 Å². The Bertz CT molecular complexity index is 438. The molecule has 1 aromatic carbocycles. The Morgan fingerprint density at radius 2 is 2.20 bits per heavy atom. The van der Waals surface area contributed by atoms with Gasteiger partial charge in [0.25, 0.3) is 0 Å². The molecule has 0 radical (unpaired) electrons. The van der Waals surface area contributed by atoms with Crippen molar-refractivity contribution in [3.05, 3.63) is 29.6 Å². The van der Waals surface area contributed by atoms with Crippen LogP contribution in [0.2, 0.25) is 0 Å². The average Bonchev–Trinajstić information content (AvgIpc) is 2.42. The van der Waals surface area contributed by atoms with Crippen LogP contribution in [0.3, 0.4) is 0 Å². The zero-order valence-electron chi connectivity index (χ0n) is 12.7. The first-order valence-electron chi connectivity index (χ1n) is 7.49. The molecule has 1 aliphatic rings. The van der Waals surface area contributed by atoms with Gasteiger partial charge in [-0.25, -0.2) is 4.39 Å². The lowest BCUT2D eigenvalue weighted by atomic mass is 10.1. The van der Waals surface area contributed by atoms with E-state index in [0.29, 0.717) is 12.6 Å². The maximum Gasteiger partial charge on any atom is 0.123 e. The average molecular weight is 280 g/mol. The number of nitrogens with zero attached hydrogens (tertiary/aromatic N) is 1. The van der Waals surface area contributed by atoms with Gasteiger partial charge in [0.15, 0.2) is 0 Å². The fraction of sp³-hybridized carbons (Fsp3) is 0.625. The highest BCUT2D eigenvalue weighted by Crippen LogP contribution is 2.26. The molecule has 2 atom stereocenters. The van der Waals surface area contributed by atoms with E-state index in [0.717, 1.165) is 37.4 Å². The van der Waals surface area contributed by atoms with Gasteiger partial charge in [0.2, 0.25) is 0 Å². The molecule has 0 aliphatic carbocycles. The zero-order valence-corrected chi connectivity index (χ0v) is 12.7. The number of hydrogen-bond donors (Lipinski definition) is 1. The summed E-state index contributed by atoms with van der Waals surface area (Å²) >= 11 is 0. The molecule has 3 nitrogen and oxygen atoms in total. The van der Waals surface area contributed by atoms with Crippen LogP contribution >= 0.6 is 0 Å². The Labute approximate surface area is 121 Å². The van der Waals surface area contributed by atoms with Gasteiger partial charge >= 0.3 is 0 Å². The summed E-state index contributed by atoms with van der Waals surface area (Å²) in [6, 6.07) is 5.41. The summed E-state index contributed by atoms with van der Waals surface area (Å²) in [6.07, 6.45) is 1.29. The number of anilines is 1. The van der Waals surface area contributed by atoms with Crippen LogP contribution in [-0.4, -0.2) is 31.8 Å². The van der Waals surface area contributed by atoms with Crippen LogP contribution in [0.15, 0.2) is 18.2 Å². The molecule has 0 saturated carbocycles. The van der Waals surface area contributed by atoms with Crippen molar-refractivity contribution in [1.29, 1.82) is 0 Å². The maximum atomic E-state index is 13.5. The van der Waals surface area contributed by atoms with Gasteiger partial charge in [-0.05, 0) is 50.6 Å². The monoisotopic (exact) mass is 280 g/mol. The number of ether oxygens (including phenoxy) is 1. The van der Waals surface area contributed by atoms with Gasteiger partial charge in [-0.15, -0.1) is 0 Å². The predicted molar refractivity (Wildman–Crippen MR) is 80.6 cm³/mol. The third-order valence-electron chi connectivity index (χ3n) is 3.70. The highest BCUT2D eigenvalue weighted by molar-refractivity contribution is 5.55. The van der Waals surface area contributed by atoms with Crippen molar-refractivity contribution in [2.75, 3.05) is 24.6 Å². The van der Waals surface area contributed by atoms with Crippen molar-refractivity contribution in [3.63, 3.8) is 0 Å². The molecule has 20 heavy (non-hydrogen) atoms. The Morgan fingerprint density at radius 1 is 1.40 bits per heavy atom. The fourth-order valence-corrected chi connectivity index (χ4v) is 2.61. The van der Waals surface area contributed by atoms with E-state index in [1.807, 2.05) is 6.07 Å². The van der Waals surface area contributed by atoms with Crippen LogP contribution in [0, 0.1) is 5.82 Å². The Balaban J connectivity index is 2.20. The van der Waals surface area contributed by atoms with Gasteiger partial charge in [0.05, 0.1) is 12.7 Å². The largest absolute Gasteiger partial charge is 0.375 e. The summed E-state index contributed by atoms with van der Waals surface area (Å²) in [4.78, 5) is 2.33. The molecule has 1 aromatic rings. The predicted octanol–water partition coefficient (Wildman–Crippen LogP) is 2.94. The number of morpholine rings is 1. The third-order valence-corrected chi connectivity index (χ3v) is 3.70. The van der Waals surface area contributed by atoms with Crippen molar-refractivity contribution in [3.8, 4) is 0 Å². The second-order valence-corrected chi connectivity index (χ2v) is 5.60. The molecule has 4 heteroatoms. The summed E-state index contributed by atoms with van der Waals surface area (Å²) in [5.74, 6) is -0.170. The molecule has 0 aromatic heterocycles. The van der Waals surface area contributed by atoms with Gasteiger partial charge in [-0.1, -0.05) is 6.92 Å². The lowest BCUT2D eigenvalue weighted by Gasteiger charge is -2.39. The zero-order chi connectivity index (χ0) is 14.5. The Morgan fingerprint density at radius 3 is 2.95 bits per heavy atom. The summed E-state index contributed by atoms with van der Waals surface area (Å²) in [5.41, 5.74) is 2.15. The van der Waals surface area contributed by atoms with Gasteiger partial charge in [0.1, 0.15) is 5.82 Å². The van der Waals surface area contributed by atoms with E-state index < -0.39 is 0 Å². The van der Waals surface area contributed by atoms with Crippen LogP contribution < -0.4 is 10.2 Å². The number of benzene rings is 1. The van der Waals surface area contributed by atoms with Crippen molar-refractivity contribution < 1.29 is 9.13 Å². The van der Waals surface area contributed by atoms with Gasteiger partial charge < -0.3 is 15.0 Å². The second-order valence-electron chi connectivity index (χ2n) is 5.60. The fourth-order valence-electron chi connectivity index (χ4n) is 2.61. The van der Waals surface area contributed by atoms with Gasteiger partial charge in [-0.2, -0.15) is 0 Å². The minimum atomic E-state index is -0.170. The van der Waals surface area contributed by atoms with Crippen LogP contribution in [0.25, 0.3) is 0 Å². The van der Waals surface area contributed by atoms with Gasteiger partial charge in [0, 0.05) is 24.8 Å². The van der Waals surface area contributed by atoms with E-state index in [-0.39, 0.29) is 11.9 Å². The minimum Gasteiger partial charge on any atom is -0.375 e. The topological polar surface area (TPSA) is 24.5 Å². The first kappa shape index (κ1) is 15.3. The lowest BCUT2D eigenvalue weighted by Crippen LogP contribution is -2.47. The summed E-state index contributed by atoms with van der Waals surface area (Å²) in [6.45, 7) is 9.60. The number of nitrogens with one attached hydrogen (secondary N) is 1. The molecule has 112 valence electrons. The van der Waals surface area contributed by atoms with E-state index in [1.165, 1.54) is 0 Å². The normalized spacial score (nSPS) is 23.1. The van der Waals surface area contributed by atoms with Crippen molar-refractivity contribution in [2.24, 2.45) is 0 Å². The summed E-state index contributed by atoms with van der Waals surface area (Å²) in [5, 5.41) is 3.36. The third kappa shape index (κ3) is 3.70. The van der Waals surface area contributed by atoms with Crippen LogP contribution in [0.4, 0.5) is 10.1 Å². The number of halogens is 1. The molecule has 1 saturated heterocycles. The van der Waals surface area contributed by atoms with Crippen LogP contribution in [-0.2, 0) is 11.3 Å². The molecule has 1 N–H and O–H groups in total.